The Hall–Kier alpha value is -3.28. The molecule has 0 saturated carbocycles. The first-order valence-electron chi connectivity index (χ1n) is 7.15. The van der Waals surface area contributed by atoms with Crippen molar-refractivity contribution in [2.45, 2.75) is 6.92 Å². The molecule has 3 heterocycles. The topological polar surface area (TPSA) is 76.6 Å². The molecule has 0 fully saturated rings. The van der Waals surface area contributed by atoms with Crippen LogP contribution in [0.5, 0.6) is 11.6 Å². The predicted octanol–water partition coefficient (Wildman–Crippen LogP) is 3.52. The van der Waals surface area contributed by atoms with E-state index < -0.39 is 0 Å². The zero-order valence-corrected chi connectivity index (χ0v) is 12.4. The van der Waals surface area contributed by atoms with Crippen LogP contribution >= 0.6 is 0 Å². The molecular weight excluding hydrogens is 290 g/mol. The number of aromatic amines is 1. The number of pyridine rings is 1. The molecule has 1 aromatic carbocycles. The smallest absolute Gasteiger partial charge is 0.223 e. The minimum atomic E-state index is 0.503. The van der Waals surface area contributed by atoms with E-state index in [1.807, 2.05) is 43.3 Å². The van der Waals surface area contributed by atoms with Gasteiger partial charge in [0, 0.05) is 41.2 Å². The predicted molar refractivity (Wildman–Crippen MR) is 86.2 cm³/mol. The average molecular weight is 303 g/mol. The molecule has 0 unspecified atom stereocenters. The number of rotatable bonds is 3. The van der Waals surface area contributed by atoms with E-state index in [9.17, 15) is 0 Å². The van der Waals surface area contributed by atoms with E-state index >= 15 is 0 Å². The molecule has 0 amide bonds. The summed E-state index contributed by atoms with van der Waals surface area (Å²) in [6.07, 6.45) is 5.21. The Morgan fingerprint density at radius 1 is 1.00 bits per heavy atom. The van der Waals surface area contributed by atoms with E-state index in [-0.39, 0.29) is 0 Å². The minimum Gasteiger partial charge on any atom is -0.439 e. The van der Waals surface area contributed by atoms with Crippen LogP contribution in [0.4, 0.5) is 0 Å². The lowest BCUT2D eigenvalue weighted by atomic mass is 10.2. The van der Waals surface area contributed by atoms with Crippen molar-refractivity contribution < 1.29 is 4.74 Å². The third-order valence-corrected chi connectivity index (χ3v) is 3.41. The zero-order valence-electron chi connectivity index (χ0n) is 12.4. The fraction of sp³-hybridized carbons (Fsp3) is 0.0588. The second-order valence-electron chi connectivity index (χ2n) is 5.13. The molecule has 0 radical (unpaired) electrons. The Kier molecular flexibility index (Phi) is 3.20. The number of aryl methyl sites for hydroxylation is 1. The van der Waals surface area contributed by atoms with Gasteiger partial charge in [0.2, 0.25) is 5.88 Å². The molecule has 0 atom stereocenters. The van der Waals surface area contributed by atoms with Crippen LogP contribution in [0.15, 0.2) is 55.0 Å². The fourth-order valence-electron chi connectivity index (χ4n) is 2.32. The highest BCUT2D eigenvalue weighted by atomic mass is 16.5. The summed E-state index contributed by atoms with van der Waals surface area (Å²) in [5, 5.41) is 7.97. The van der Waals surface area contributed by atoms with Crippen molar-refractivity contribution >= 4 is 10.9 Å². The van der Waals surface area contributed by atoms with E-state index in [0.717, 1.165) is 22.2 Å². The van der Waals surface area contributed by atoms with Crippen LogP contribution in [-0.4, -0.2) is 25.1 Å². The van der Waals surface area contributed by atoms with Crippen molar-refractivity contribution in [3.63, 3.8) is 0 Å². The van der Waals surface area contributed by atoms with Crippen molar-refractivity contribution in [1.82, 2.24) is 25.1 Å². The van der Waals surface area contributed by atoms with Crippen LogP contribution in [0.25, 0.3) is 22.3 Å². The lowest BCUT2D eigenvalue weighted by Crippen LogP contribution is -1.96. The van der Waals surface area contributed by atoms with E-state index in [4.69, 9.17) is 4.74 Å². The second kappa shape index (κ2) is 5.49. The molecular formula is C17H13N5O. The standard InChI is InChI=1S/C17H13N5O/c1-11-8-16(21-17(20-11)12-4-6-18-7-5-12)23-14-3-2-13-10-19-22-15(13)9-14/h2-10H,1H3,(H,19,22). The molecule has 0 bridgehead atoms. The van der Waals surface area contributed by atoms with Gasteiger partial charge in [0.25, 0.3) is 0 Å². The van der Waals surface area contributed by atoms with Gasteiger partial charge in [-0.2, -0.15) is 10.1 Å². The van der Waals surface area contributed by atoms with E-state index in [0.29, 0.717) is 17.5 Å². The largest absolute Gasteiger partial charge is 0.439 e. The molecule has 6 heteroatoms. The van der Waals surface area contributed by atoms with Gasteiger partial charge in [0.1, 0.15) is 5.75 Å². The van der Waals surface area contributed by atoms with Gasteiger partial charge in [-0.15, -0.1) is 0 Å². The van der Waals surface area contributed by atoms with Crippen LogP contribution in [0.2, 0.25) is 0 Å². The summed E-state index contributed by atoms with van der Waals surface area (Å²) in [5.41, 5.74) is 2.66. The summed E-state index contributed by atoms with van der Waals surface area (Å²) in [7, 11) is 0. The third kappa shape index (κ3) is 2.74. The summed E-state index contributed by atoms with van der Waals surface area (Å²) >= 11 is 0. The number of nitrogens with zero attached hydrogens (tertiary/aromatic N) is 4. The molecule has 1 N–H and O–H groups in total. The van der Waals surface area contributed by atoms with Crippen molar-refractivity contribution in [2.75, 3.05) is 0 Å². The van der Waals surface area contributed by atoms with Crippen molar-refractivity contribution in [3.05, 3.63) is 60.7 Å². The molecule has 0 aliphatic rings. The van der Waals surface area contributed by atoms with Crippen LogP contribution in [0.3, 0.4) is 0 Å². The van der Waals surface area contributed by atoms with E-state index in [2.05, 4.69) is 25.1 Å². The van der Waals surface area contributed by atoms with Crippen LogP contribution in [0, 0.1) is 6.92 Å². The van der Waals surface area contributed by atoms with E-state index in [1.165, 1.54) is 0 Å². The first-order chi connectivity index (χ1) is 11.3. The van der Waals surface area contributed by atoms with Crippen LogP contribution in [0.1, 0.15) is 5.69 Å². The minimum absolute atomic E-state index is 0.503. The Morgan fingerprint density at radius 3 is 2.74 bits per heavy atom. The number of aromatic nitrogens is 5. The Bertz CT molecular complexity index is 965. The van der Waals surface area contributed by atoms with Gasteiger partial charge in [0.05, 0.1) is 11.7 Å². The normalized spacial score (nSPS) is 10.8. The molecule has 0 saturated heterocycles. The Balaban J connectivity index is 1.69. The maximum atomic E-state index is 5.88. The Morgan fingerprint density at radius 2 is 1.87 bits per heavy atom. The number of H-pyrrole nitrogens is 1. The summed E-state index contributed by atoms with van der Waals surface area (Å²) in [5.74, 6) is 1.81. The third-order valence-electron chi connectivity index (χ3n) is 3.41. The van der Waals surface area contributed by atoms with Gasteiger partial charge >= 0.3 is 0 Å². The lowest BCUT2D eigenvalue weighted by Gasteiger charge is -2.08. The SMILES string of the molecule is Cc1cc(Oc2ccc3cn[nH]c3c2)nc(-c2ccncc2)n1. The van der Waals surface area contributed by atoms with Gasteiger partial charge < -0.3 is 4.74 Å². The molecule has 0 aliphatic carbocycles. The first kappa shape index (κ1) is 13.4. The summed E-state index contributed by atoms with van der Waals surface area (Å²) < 4.78 is 5.88. The lowest BCUT2D eigenvalue weighted by molar-refractivity contribution is 0.462. The molecule has 3 aromatic heterocycles. The maximum absolute atomic E-state index is 5.88. The molecule has 0 spiro atoms. The maximum Gasteiger partial charge on any atom is 0.223 e. The van der Waals surface area contributed by atoms with Crippen LogP contribution < -0.4 is 4.74 Å². The number of ether oxygens (including phenoxy) is 1. The molecule has 4 aromatic rings. The molecule has 23 heavy (non-hydrogen) atoms. The molecule has 6 nitrogen and oxygen atoms in total. The Labute approximate surface area is 132 Å². The highest BCUT2D eigenvalue weighted by Gasteiger charge is 2.07. The monoisotopic (exact) mass is 303 g/mol. The van der Waals surface area contributed by atoms with Crippen molar-refractivity contribution in [3.8, 4) is 23.0 Å². The van der Waals surface area contributed by atoms with Gasteiger partial charge in [-0.3, -0.25) is 10.1 Å². The second-order valence-corrected chi connectivity index (χ2v) is 5.13. The number of fused-ring (bicyclic) bond motifs is 1. The zero-order chi connectivity index (χ0) is 15.6. The summed E-state index contributed by atoms with van der Waals surface area (Å²) in [6.45, 7) is 1.91. The van der Waals surface area contributed by atoms with Gasteiger partial charge in [-0.1, -0.05) is 0 Å². The van der Waals surface area contributed by atoms with Crippen molar-refractivity contribution in [2.24, 2.45) is 0 Å². The highest BCUT2D eigenvalue weighted by molar-refractivity contribution is 5.79. The molecule has 112 valence electrons. The number of hydrogen-bond donors (Lipinski definition) is 1. The average Bonchev–Trinajstić information content (AvgIpc) is 3.03. The van der Waals surface area contributed by atoms with Crippen molar-refractivity contribution in [1.29, 1.82) is 0 Å². The first-order valence-corrected chi connectivity index (χ1v) is 7.15. The van der Waals surface area contributed by atoms with Gasteiger partial charge in [-0.05, 0) is 31.2 Å². The van der Waals surface area contributed by atoms with Gasteiger partial charge in [-0.25, -0.2) is 4.98 Å². The molecule has 0 aliphatic heterocycles. The fourth-order valence-corrected chi connectivity index (χ4v) is 2.32. The van der Waals surface area contributed by atoms with Gasteiger partial charge in [0.15, 0.2) is 5.82 Å². The highest BCUT2D eigenvalue weighted by Crippen LogP contribution is 2.25. The summed E-state index contributed by atoms with van der Waals surface area (Å²) in [6, 6.07) is 11.3. The van der Waals surface area contributed by atoms with Crippen LogP contribution in [-0.2, 0) is 0 Å². The van der Waals surface area contributed by atoms with E-state index in [1.54, 1.807) is 18.6 Å². The number of hydrogen-bond acceptors (Lipinski definition) is 5. The summed E-state index contributed by atoms with van der Waals surface area (Å²) in [4.78, 5) is 12.9. The quantitative estimate of drug-likeness (QED) is 0.626. The number of nitrogens with one attached hydrogen (secondary N) is 1. The number of benzene rings is 1. The molecule has 4 rings (SSSR count).